The van der Waals surface area contributed by atoms with Gasteiger partial charge in [-0.25, -0.2) is 0 Å². The molecule has 0 saturated heterocycles. The molecule has 0 aliphatic rings. The number of rotatable bonds is 9. The maximum atomic E-state index is 13.6. The van der Waals surface area contributed by atoms with Crippen LogP contribution in [0.5, 0.6) is 5.75 Å². The Morgan fingerprint density at radius 3 is 2.28 bits per heavy atom. The highest BCUT2D eigenvalue weighted by atomic mass is 79.9. The second-order valence-corrected chi connectivity index (χ2v) is 11.1. The van der Waals surface area contributed by atoms with Gasteiger partial charge in [0.05, 0.1) is 4.47 Å². The van der Waals surface area contributed by atoms with Gasteiger partial charge in [-0.3, -0.25) is 9.59 Å². The standard InChI is InChI=1S/C29H32BrClN2O3/c1-20-10-12-22(13-11-20)18-33(27(34)19-36-26-15-14-23(31)17-24(26)30)25(28(35)32-29(2,3)4)16-21-8-6-5-7-9-21/h5-15,17,25H,16,18-19H2,1-4H3,(H,32,35). The summed E-state index contributed by atoms with van der Waals surface area (Å²) in [5, 5.41) is 3.62. The average molecular weight is 572 g/mol. The first-order valence-corrected chi connectivity index (χ1v) is 13.0. The molecule has 3 aromatic rings. The predicted molar refractivity (Wildman–Crippen MR) is 148 cm³/mol. The maximum absolute atomic E-state index is 13.6. The second-order valence-electron chi connectivity index (χ2n) is 9.82. The van der Waals surface area contributed by atoms with Crippen molar-refractivity contribution in [3.8, 4) is 5.75 Å². The number of amides is 2. The van der Waals surface area contributed by atoms with Crippen LogP contribution in [0, 0.1) is 6.92 Å². The zero-order chi connectivity index (χ0) is 26.3. The van der Waals surface area contributed by atoms with Crippen LogP contribution >= 0.6 is 27.5 Å². The lowest BCUT2D eigenvalue weighted by Gasteiger charge is -2.33. The molecular weight excluding hydrogens is 540 g/mol. The number of carbonyl (C=O) groups is 2. The molecule has 1 atom stereocenters. The molecule has 5 nitrogen and oxygen atoms in total. The summed E-state index contributed by atoms with van der Waals surface area (Å²) in [6, 6.07) is 22.1. The van der Waals surface area contributed by atoms with E-state index in [0.717, 1.165) is 16.7 Å². The molecule has 0 saturated carbocycles. The van der Waals surface area contributed by atoms with Gasteiger partial charge in [-0.05, 0) is 73.0 Å². The smallest absolute Gasteiger partial charge is 0.261 e. The van der Waals surface area contributed by atoms with E-state index in [9.17, 15) is 9.59 Å². The fourth-order valence-corrected chi connectivity index (χ4v) is 4.51. The van der Waals surface area contributed by atoms with Crippen molar-refractivity contribution in [1.82, 2.24) is 10.2 Å². The zero-order valence-corrected chi connectivity index (χ0v) is 23.4. The Hall–Kier alpha value is -2.83. The molecule has 1 N–H and O–H groups in total. The van der Waals surface area contributed by atoms with Crippen LogP contribution in [-0.2, 0) is 22.6 Å². The molecule has 0 aliphatic carbocycles. The molecule has 190 valence electrons. The van der Waals surface area contributed by atoms with E-state index in [1.54, 1.807) is 23.1 Å². The van der Waals surface area contributed by atoms with Gasteiger partial charge in [0.15, 0.2) is 6.61 Å². The largest absolute Gasteiger partial charge is 0.483 e. The lowest BCUT2D eigenvalue weighted by Crippen LogP contribution is -2.55. The minimum absolute atomic E-state index is 0.209. The van der Waals surface area contributed by atoms with Crippen LogP contribution in [0.2, 0.25) is 5.02 Å². The number of halogens is 2. The quantitative estimate of drug-likeness (QED) is 0.326. The molecule has 0 heterocycles. The summed E-state index contributed by atoms with van der Waals surface area (Å²) in [6.45, 7) is 7.85. The van der Waals surface area contributed by atoms with Crippen molar-refractivity contribution in [2.45, 2.75) is 52.2 Å². The normalized spacial score (nSPS) is 12.1. The first-order valence-electron chi connectivity index (χ1n) is 11.8. The van der Waals surface area contributed by atoms with Crippen LogP contribution in [0.25, 0.3) is 0 Å². The Morgan fingerprint density at radius 2 is 1.67 bits per heavy atom. The van der Waals surface area contributed by atoms with E-state index in [4.69, 9.17) is 16.3 Å². The van der Waals surface area contributed by atoms with Crippen LogP contribution in [0.15, 0.2) is 77.3 Å². The zero-order valence-electron chi connectivity index (χ0n) is 21.1. The summed E-state index contributed by atoms with van der Waals surface area (Å²) in [6.07, 6.45) is 0.380. The molecule has 36 heavy (non-hydrogen) atoms. The van der Waals surface area contributed by atoms with Crippen molar-refractivity contribution < 1.29 is 14.3 Å². The lowest BCUT2D eigenvalue weighted by atomic mass is 10.0. The number of hydrogen-bond donors (Lipinski definition) is 1. The number of nitrogens with one attached hydrogen (secondary N) is 1. The highest BCUT2D eigenvalue weighted by molar-refractivity contribution is 9.10. The van der Waals surface area contributed by atoms with Crippen LogP contribution in [-0.4, -0.2) is 34.9 Å². The number of nitrogens with zero attached hydrogens (tertiary/aromatic N) is 1. The van der Waals surface area contributed by atoms with Crippen molar-refractivity contribution in [3.63, 3.8) is 0 Å². The fraction of sp³-hybridized carbons (Fsp3) is 0.310. The van der Waals surface area contributed by atoms with Crippen molar-refractivity contribution in [1.29, 1.82) is 0 Å². The third kappa shape index (κ3) is 8.38. The average Bonchev–Trinajstić information content (AvgIpc) is 2.81. The predicted octanol–water partition coefficient (Wildman–Crippen LogP) is 6.34. The molecule has 0 bridgehead atoms. The van der Waals surface area contributed by atoms with E-state index >= 15 is 0 Å². The maximum Gasteiger partial charge on any atom is 0.261 e. The van der Waals surface area contributed by atoms with E-state index in [2.05, 4.69) is 21.2 Å². The van der Waals surface area contributed by atoms with Crippen LogP contribution in [0.4, 0.5) is 0 Å². The first-order chi connectivity index (χ1) is 17.0. The molecule has 3 aromatic carbocycles. The summed E-state index contributed by atoms with van der Waals surface area (Å²) in [4.78, 5) is 28.8. The second kappa shape index (κ2) is 12.4. The Bertz CT molecular complexity index is 1180. The summed E-state index contributed by atoms with van der Waals surface area (Å²) in [5.74, 6) is 0.00342. The van der Waals surface area contributed by atoms with E-state index < -0.39 is 11.6 Å². The van der Waals surface area contributed by atoms with Gasteiger partial charge in [-0.1, -0.05) is 71.8 Å². The molecule has 0 aromatic heterocycles. The first kappa shape index (κ1) is 27.8. The van der Waals surface area contributed by atoms with Gasteiger partial charge >= 0.3 is 0 Å². The summed E-state index contributed by atoms with van der Waals surface area (Å²) in [7, 11) is 0. The summed E-state index contributed by atoms with van der Waals surface area (Å²) >= 11 is 9.46. The monoisotopic (exact) mass is 570 g/mol. The topological polar surface area (TPSA) is 58.6 Å². The molecule has 0 fully saturated rings. The van der Waals surface area contributed by atoms with Crippen molar-refractivity contribution in [3.05, 3.63) is 99.0 Å². The van der Waals surface area contributed by atoms with Crippen LogP contribution < -0.4 is 10.1 Å². The molecule has 0 aliphatic heterocycles. The highest BCUT2D eigenvalue weighted by Crippen LogP contribution is 2.28. The number of aryl methyl sites for hydroxylation is 1. The van der Waals surface area contributed by atoms with Gasteiger partial charge in [0.1, 0.15) is 11.8 Å². The van der Waals surface area contributed by atoms with Crippen molar-refractivity contribution >= 4 is 39.3 Å². The Balaban J connectivity index is 1.93. The van der Waals surface area contributed by atoms with E-state index in [0.29, 0.717) is 21.7 Å². The molecule has 3 rings (SSSR count). The molecule has 0 spiro atoms. The third-order valence-electron chi connectivity index (χ3n) is 5.49. The minimum Gasteiger partial charge on any atom is -0.483 e. The van der Waals surface area contributed by atoms with E-state index in [1.165, 1.54) is 0 Å². The summed E-state index contributed by atoms with van der Waals surface area (Å²) in [5.41, 5.74) is 2.58. The van der Waals surface area contributed by atoms with Gasteiger partial charge in [0.2, 0.25) is 5.91 Å². The van der Waals surface area contributed by atoms with Gasteiger partial charge in [0.25, 0.3) is 5.91 Å². The van der Waals surface area contributed by atoms with E-state index in [-0.39, 0.29) is 25.0 Å². The fourth-order valence-electron chi connectivity index (χ4n) is 3.71. The molecule has 0 radical (unpaired) electrons. The Morgan fingerprint density at radius 1 is 1.00 bits per heavy atom. The van der Waals surface area contributed by atoms with Gasteiger partial charge in [-0.2, -0.15) is 0 Å². The summed E-state index contributed by atoms with van der Waals surface area (Å²) < 4.78 is 6.50. The SMILES string of the molecule is Cc1ccc(CN(C(=O)COc2ccc(Cl)cc2Br)C(Cc2ccccc2)C(=O)NC(C)(C)C)cc1. The third-order valence-corrected chi connectivity index (χ3v) is 6.34. The number of ether oxygens (including phenoxy) is 1. The van der Waals surface area contributed by atoms with Crippen molar-refractivity contribution in [2.24, 2.45) is 0 Å². The van der Waals surface area contributed by atoms with Gasteiger partial charge in [-0.15, -0.1) is 0 Å². The van der Waals surface area contributed by atoms with Gasteiger partial charge < -0.3 is 15.0 Å². The van der Waals surface area contributed by atoms with Crippen molar-refractivity contribution in [2.75, 3.05) is 6.61 Å². The van der Waals surface area contributed by atoms with E-state index in [1.807, 2.05) is 82.3 Å². The molecule has 2 amide bonds. The molecule has 1 unspecified atom stereocenters. The number of hydrogen-bond acceptors (Lipinski definition) is 3. The minimum atomic E-state index is -0.724. The van der Waals surface area contributed by atoms with Crippen LogP contribution in [0.3, 0.4) is 0 Å². The lowest BCUT2D eigenvalue weighted by molar-refractivity contribution is -0.143. The number of carbonyl (C=O) groups excluding carboxylic acids is 2. The molecular formula is C29H32BrClN2O3. The Kier molecular flexibility index (Phi) is 9.57. The Labute approximate surface area is 226 Å². The number of benzene rings is 3. The van der Waals surface area contributed by atoms with Gasteiger partial charge in [0, 0.05) is 23.5 Å². The van der Waals surface area contributed by atoms with Crippen LogP contribution in [0.1, 0.15) is 37.5 Å². The highest BCUT2D eigenvalue weighted by Gasteiger charge is 2.32. The molecule has 7 heteroatoms.